The Morgan fingerprint density at radius 2 is 1.75 bits per heavy atom. The van der Waals surface area contributed by atoms with Crippen LogP contribution in [0.1, 0.15) is 57.4 Å². The highest BCUT2D eigenvalue weighted by molar-refractivity contribution is 6.02. The molecule has 5 nitrogen and oxygen atoms in total. The predicted octanol–water partition coefficient (Wildman–Crippen LogP) is 5.02. The highest BCUT2D eigenvalue weighted by atomic mass is 19.2. The quantitative estimate of drug-likeness (QED) is 0.500. The van der Waals surface area contributed by atoms with Gasteiger partial charge in [0.05, 0.1) is 18.2 Å². The van der Waals surface area contributed by atoms with Gasteiger partial charge in [0.15, 0.2) is 11.6 Å². The minimum atomic E-state index is -0.920. The number of primary amides is 1. The molecule has 2 N–H and O–H groups in total. The molecule has 0 aliphatic rings. The molecule has 0 unspecified atom stereocenters. The lowest BCUT2D eigenvalue weighted by Gasteiger charge is -2.14. The Hall–Kier alpha value is -3.48. The van der Waals surface area contributed by atoms with Gasteiger partial charge in [0.2, 0.25) is 0 Å². The molecule has 0 atom stereocenters. The molecule has 1 heterocycles. The van der Waals surface area contributed by atoms with Gasteiger partial charge in [-0.3, -0.25) is 4.79 Å². The van der Waals surface area contributed by atoms with E-state index in [2.05, 4.69) is 6.92 Å². The van der Waals surface area contributed by atoms with Crippen LogP contribution in [0, 0.1) is 18.6 Å². The van der Waals surface area contributed by atoms with Crippen LogP contribution in [-0.2, 0) is 17.7 Å². The number of carbonyl (C=O) groups is 2. The zero-order valence-corrected chi connectivity index (χ0v) is 18.4. The maximum absolute atomic E-state index is 13.8. The van der Waals surface area contributed by atoms with Crippen molar-refractivity contribution in [1.29, 1.82) is 0 Å². The normalized spacial score (nSPS) is 10.9. The van der Waals surface area contributed by atoms with Gasteiger partial charge in [0, 0.05) is 23.5 Å². The molecular formula is C25H26F2N2O3. The van der Waals surface area contributed by atoms with Gasteiger partial charge in [-0.25, -0.2) is 13.6 Å². The van der Waals surface area contributed by atoms with Crippen molar-refractivity contribution in [3.63, 3.8) is 0 Å². The number of carbonyl (C=O) groups excluding carboxylic acids is 2. The number of hydrogen-bond acceptors (Lipinski definition) is 3. The molecule has 0 spiro atoms. The predicted molar refractivity (Wildman–Crippen MR) is 119 cm³/mol. The van der Waals surface area contributed by atoms with Gasteiger partial charge in [-0.15, -0.1) is 0 Å². The molecule has 0 aliphatic carbocycles. The number of esters is 1. The molecule has 0 saturated carbocycles. The van der Waals surface area contributed by atoms with Crippen LogP contribution in [0.25, 0.3) is 11.1 Å². The molecule has 1 aromatic heterocycles. The maximum Gasteiger partial charge on any atom is 0.337 e. The van der Waals surface area contributed by atoms with Crippen molar-refractivity contribution in [2.75, 3.05) is 7.11 Å². The van der Waals surface area contributed by atoms with Crippen molar-refractivity contribution < 1.29 is 23.1 Å². The summed E-state index contributed by atoms with van der Waals surface area (Å²) >= 11 is 0. The van der Waals surface area contributed by atoms with Crippen LogP contribution in [0.4, 0.5) is 8.78 Å². The van der Waals surface area contributed by atoms with E-state index in [4.69, 9.17) is 10.5 Å². The summed E-state index contributed by atoms with van der Waals surface area (Å²) in [5.41, 5.74) is 10.1. The SMILES string of the molecule is CCCCc1c(-c2ccc(C(=O)OC)cc2)c(C(N)=O)c(C)n1Cc1ccc(F)c(F)c1. The Labute approximate surface area is 185 Å². The third-order valence-corrected chi connectivity index (χ3v) is 5.56. The molecule has 0 saturated heterocycles. The topological polar surface area (TPSA) is 74.3 Å². The van der Waals surface area contributed by atoms with Gasteiger partial charge in [-0.05, 0) is 55.2 Å². The van der Waals surface area contributed by atoms with E-state index >= 15 is 0 Å². The summed E-state index contributed by atoms with van der Waals surface area (Å²) in [5, 5.41) is 0. The van der Waals surface area contributed by atoms with Gasteiger partial charge >= 0.3 is 5.97 Å². The number of amides is 1. The van der Waals surface area contributed by atoms with E-state index in [1.165, 1.54) is 13.2 Å². The third kappa shape index (κ3) is 4.56. The van der Waals surface area contributed by atoms with E-state index in [1.54, 1.807) is 31.2 Å². The van der Waals surface area contributed by atoms with Crippen molar-refractivity contribution in [1.82, 2.24) is 4.57 Å². The average Bonchev–Trinajstić information content (AvgIpc) is 3.05. The molecule has 0 bridgehead atoms. The van der Waals surface area contributed by atoms with Crippen LogP contribution in [0.5, 0.6) is 0 Å². The number of ether oxygens (including phenoxy) is 1. The number of nitrogens with zero attached hydrogens (tertiary/aromatic N) is 1. The van der Waals surface area contributed by atoms with Gasteiger partial charge < -0.3 is 15.0 Å². The first kappa shape index (κ1) is 23.2. The van der Waals surface area contributed by atoms with Gasteiger partial charge in [0.25, 0.3) is 5.91 Å². The minimum Gasteiger partial charge on any atom is -0.465 e. The number of hydrogen-bond donors (Lipinski definition) is 1. The lowest BCUT2D eigenvalue weighted by Crippen LogP contribution is -2.13. The first-order valence-electron chi connectivity index (χ1n) is 10.4. The highest BCUT2D eigenvalue weighted by Gasteiger charge is 2.25. The molecule has 3 rings (SSSR count). The van der Waals surface area contributed by atoms with Crippen molar-refractivity contribution in [3.8, 4) is 11.1 Å². The molecule has 7 heteroatoms. The van der Waals surface area contributed by atoms with E-state index in [1.807, 2.05) is 4.57 Å². The Morgan fingerprint density at radius 1 is 1.06 bits per heavy atom. The summed E-state index contributed by atoms with van der Waals surface area (Å²) in [5.74, 6) is -2.86. The highest BCUT2D eigenvalue weighted by Crippen LogP contribution is 2.34. The van der Waals surface area contributed by atoms with Gasteiger partial charge in [-0.1, -0.05) is 31.5 Å². The van der Waals surface area contributed by atoms with Crippen LogP contribution < -0.4 is 5.73 Å². The lowest BCUT2D eigenvalue weighted by molar-refractivity contribution is 0.0600. The van der Waals surface area contributed by atoms with E-state index in [-0.39, 0.29) is 6.54 Å². The lowest BCUT2D eigenvalue weighted by atomic mass is 9.96. The van der Waals surface area contributed by atoms with E-state index in [0.29, 0.717) is 34.4 Å². The van der Waals surface area contributed by atoms with Crippen LogP contribution in [0.15, 0.2) is 42.5 Å². The summed E-state index contributed by atoms with van der Waals surface area (Å²) in [7, 11) is 1.31. The zero-order chi connectivity index (χ0) is 23.4. The molecule has 2 aromatic carbocycles. The first-order chi connectivity index (χ1) is 15.3. The molecule has 0 fully saturated rings. The van der Waals surface area contributed by atoms with Crippen molar-refractivity contribution in [3.05, 3.63) is 82.2 Å². The number of aromatic nitrogens is 1. The monoisotopic (exact) mass is 440 g/mol. The molecule has 168 valence electrons. The summed E-state index contributed by atoms with van der Waals surface area (Å²) in [6.07, 6.45) is 2.47. The Bertz CT molecular complexity index is 1150. The van der Waals surface area contributed by atoms with Crippen molar-refractivity contribution >= 4 is 11.9 Å². The van der Waals surface area contributed by atoms with Crippen LogP contribution in [-0.4, -0.2) is 23.6 Å². The number of unbranched alkanes of at least 4 members (excludes halogenated alkanes) is 1. The zero-order valence-electron chi connectivity index (χ0n) is 18.4. The average molecular weight is 440 g/mol. The summed E-state index contributed by atoms with van der Waals surface area (Å²) in [6.45, 7) is 4.12. The summed E-state index contributed by atoms with van der Waals surface area (Å²) in [4.78, 5) is 24.3. The second kappa shape index (κ2) is 9.77. The number of nitrogens with two attached hydrogens (primary N) is 1. The Balaban J connectivity index is 2.18. The number of halogens is 2. The number of benzene rings is 2. The van der Waals surface area contributed by atoms with Crippen molar-refractivity contribution in [2.45, 2.75) is 39.7 Å². The molecule has 0 aliphatic heterocycles. The first-order valence-corrected chi connectivity index (χ1v) is 10.4. The minimum absolute atomic E-state index is 0.266. The van der Waals surface area contributed by atoms with Crippen LogP contribution in [0.3, 0.4) is 0 Å². The fourth-order valence-electron chi connectivity index (χ4n) is 3.94. The molecule has 1 amide bonds. The van der Waals surface area contributed by atoms with Gasteiger partial charge in [0.1, 0.15) is 0 Å². The van der Waals surface area contributed by atoms with E-state index in [9.17, 15) is 18.4 Å². The van der Waals surface area contributed by atoms with Crippen LogP contribution >= 0.6 is 0 Å². The van der Waals surface area contributed by atoms with Crippen LogP contribution in [0.2, 0.25) is 0 Å². The smallest absolute Gasteiger partial charge is 0.337 e. The molecule has 0 radical (unpaired) electrons. The van der Waals surface area contributed by atoms with Gasteiger partial charge in [-0.2, -0.15) is 0 Å². The fourth-order valence-corrected chi connectivity index (χ4v) is 3.94. The molecule has 3 aromatic rings. The summed E-state index contributed by atoms with van der Waals surface area (Å²) in [6, 6.07) is 10.6. The molecule has 32 heavy (non-hydrogen) atoms. The fraction of sp³-hybridized carbons (Fsp3) is 0.280. The van der Waals surface area contributed by atoms with E-state index < -0.39 is 23.5 Å². The van der Waals surface area contributed by atoms with Crippen molar-refractivity contribution in [2.24, 2.45) is 5.73 Å². The Kier molecular flexibility index (Phi) is 7.08. The third-order valence-electron chi connectivity index (χ3n) is 5.56. The largest absolute Gasteiger partial charge is 0.465 e. The second-order valence-corrected chi connectivity index (χ2v) is 7.65. The summed E-state index contributed by atoms with van der Waals surface area (Å²) < 4.78 is 33.9. The second-order valence-electron chi connectivity index (χ2n) is 7.65. The standard InChI is InChI=1S/C25H26F2N2O3/c1-4-5-6-21-23(17-8-10-18(11-9-17)25(31)32-3)22(24(28)30)15(2)29(21)14-16-7-12-19(26)20(27)13-16/h7-13H,4-6,14H2,1-3H3,(H2,28,30). The maximum atomic E-state index is 13.8. The van der Waals surface area contributed by atoms with E-state index in [0.717, 1.165) is 36.2 Å². The number of rotatable bonds is 8. The Morgan fingerprint density at radius 3 is 2.31 bits per heavy atom. The molecular weight excluding hydrogens is 414 g/mol. The number of methoxy groups -OCH3 is 1.